The van der Waals surface area contributed by atoms with E-state index >= 15 is 0 Å². The fourth-order valence-corrected chi connectivity index (χ4v) is 5.54. The van der Waals surface area contributed by atoms with E-state index in [4.69, 9.17) is 0 Å². The van der Waals surface area contributed by atoms with Crippen molar-refractivity contribution in [2.24, 2.45) is 0 Å². The number of nitrogens with one attached hydrogen (secondary N) is 1. The summed E-state index contributed by atoms with van der Waals surface area (Å²) in [5, 5.41) is 3.70. The molecule has 1 atom stereocenters. The molecule has 8 heteroatoms. The number of anilines is 1. The Morgan fingerprint density at radius 2 is 1.68 bits per heavy atom. The van der Waals surface area contributed by atoms with Crippen LogP contribution in [0.4, 0.5) is 5.69 Å². The Hall–Kier alpha value is -2.97. The Bertz CT molecular complexity index is 1290. The Morgan fingerprint density at radius 1 is 1.03 bits per heavy atom. The molecule has 1 unspecified atom stereocenters. The Kier molecular flexibility index (Phi) is 5.68. The lowest BCUT2D eigenvalue weighted by atomic mass is 10.1. The first kappa shape index (κ1) is 21.3. The second kappa shape index (κ2) is 8.28. The molecular formula is C23H25N3O4S. The highest BCUT2D eigenvalue weighted by Crippen LogP contribution is 2.23. The molecular weight excluding hydrogens is 414 g/mol. The van der Waals surface area contributed by atoms with Gasteiger partial charge >= 0.3 is 0 Å². The molecule has 1 aromatic heterocycles. The van der Waals surface area contributed by atoms with Gasteiger partial charge in [0.2, 0.25) is 15.9 Å². The van der Waals surface area contributed by atoms with Gasteiger partial charge in [-0.2, -0.15) is 4.31 Å². The van der Waals surface area contributed by atoms with Crippen LogP contribution in [0.25, 0.3) is 10.9 Å². The zero-order valence-electron chi connectivity index (χ0n) is 17.5. The maximum atomic E-state index is 12.9. The highest BCUT2D eigenvalue weighted by Gasteiger charge is 2.27. The van der Waals surface area contributed by atoms with Crippen LogP contribution in [0.15, 0.2) is 64.3 Å². The number of fused-ring (bicyclic) bond motifs is 1. The molecule has 2 heterocycles. The number of pyridine rings is 1. The van der Waals surface area contributed by atoms with Crippen LogP contribution in [0, 0.1) is 6.92 Å². The number of aromatic nitrogens is 1. The van der Waals surface area contributed by atoms with Crippen LogP contribution < -0.4 is 10.9 Å². The van der Waals surface area contributed by atoms with Gasteiger partial charge in [0.1, 0.15) is 6.04 Å². The van der Waals surface area contributed by atoms with Gasteiger partial charge in [-0.15, -0.1) is 0 Å². The average molecular weight is 440 g/mol. The van der Waals surface area contributed by atoms with E-state index in [1.54, 1.807) is 19.1 Å². The van der Waals surface area contributed by atoms with Gasteiger partial charge < -0.3 is 5.32 Å². The lowest BCUT2D eigenvalue weighted by Crippen LogP contribution is -2.32. The van der Waals surface area contributed by atoms with E-state index in [-0.39, 0.29) is 16.4 Å². The summed E-state index contributed by atoms with van der Waals surface area (Å²) >= 11 is 0. The van der Waals surface area contributed by atoms with Gasteiger partial charge in [0.05, 0.1) is 10.4 Å². The molecule has 1 saturated heterocycles. The SMILES string of the molecule is Cc1cc(=O)n(C(C)C(=O)Nc2ccc(S(=O)(=O)N3CCCC3)cc2)c2ccccc12. The predicted molar refractivity (Wildman–Crippen MR) is 121 cm³/mol. The number of benzene rings is 2. The van der Waals surface area contributed by atoms with Crippen LogP contribution in [0.5, 0.6) is 0 Å². The summed E-state index contributed by atoms with van der Waals surface area (Å²) in [7, 11) is -3.50. The van der Waals surface area contributed by atoms with Gasteiger partial charge in [-0.1, -0.05) is 18.2 Å². The molecule has 0 bridgehead atoms. The van der Waals surface area contributed by atoms with Crippen molar-refractivity contribution < 1.29 is 13.2 Å². The van der Waals surface area contributed by atoms with Gasteiger partial charge in [-0.25, -0.2) is 8.42 Å². The summed E-state index contributed by atoms with van der Waals surface area (Å²) in [6.45, 7) is 4.62. The molecule has 1 amide bonds. The van der Waals surface area contributed by atoms with E-state index in [0.29, 0.717) is 24.3 Å². The van der Waals surface area contributed by atoms with Crippen molar-refractivity contribution in [1.29, 1.82) is 0 Å². The first-order valence-corrected chi connectivity index (χ1v) is 11.7. The number of sulfonamides is 1. The van der Waals surface area contributed by atoms with Gasteiger partial charge in [0.15, 0.2) is 0 Å². The number of hydrogen-bond donors (Lipinski definition) is 1. The standard InChI is InChI=1S/C23H25N3O4S/c1-16-15-22(27)26(21-8-4-3-7-20(16)21)17(2)23(28)24-18-9-11-19(12-10-18)31(29,30)25-13-5-6-14-25/h3-4,7-12,15,17H,5-6,13-14H2,1-2H3,(H,24,28). The molecule has 1 aliphatic rings. The molecule has 162 valence electrons. The third-order valence-electron chi connectivity index (χ3n) is 5.76. The van der Waals surface area contributed by atoms with Crippen molar-refractivity contribution in [3.8, 4) is 0 Å². The quantitative estimate of drug-likeness (QED) is 0.661. The Morgan fingerprint density at radius 3 is 2.35 bits per heavy atom. The highest BCUT2D eigenvalue weighted by molar-refractivity contribution is 7.89. The lowest BCUT2D eigenvalue weighted by molar-refractivity contribution is -0.118. The van der Waals surface area contributed by atoms with E-state index in [2.05, 4.69) is 5.32 Å². The predicted octanol–water partition coefficient (Wildman–Crippen LogP) is 3.29. The van der Waals surface area contributed by atoms with E-state index in [1.165, 1.54) is 27.1 Å². The van der Waals surface area contributed by atoms with Gasteiger partial charge in [-0.05, 0) is 62.6 Å². The Labute approximate surface area is 181 Å². The second-order valence-corrected chi connectivity index (χ2v) is 9.79. The third-order valence-corrected chi connectivity index (χ3v) is 7.67. The van der Waals surface area contributed by atoms with E-state index in [0.717, 1.165) is 23.8 Å². The molecule has 1 aliphatic heterocycles. The maximum absolute atomic E-state index is 12.9. The number of carbonyl (C=O) groups is 1. The first-order valence-electron chi connectivity index (χ1n) is 10.3. The van der Waals surface area contributed by atoms with E-state index < -0.39 is 16.1 Å². The molecule has 4 rings (SSSR count). The number of para-hydroxylation sites is 1. The number of aryl methyl sites for hydroxylation is 1. The third kappa shape index (κ3) is 4.00. The molecule has 7 nitrogen and oxygen atoms in total. The van der Waals surface area contributed by atoms with Crippen LogP contribution in [0.2, 0.25) is 0 Å². The van der Waals surface area contributed by atoms with Gasteiger partial charge in [0.25, 0.3) is 5.56 Å². The number of hydrogen-bond acceptors (Lipinski definition) is 4. The minimum Gasteiger partial charge on any atom is -0.324 e. The first-order chi connectivity index (χ1) is 14.8. The molecule has 1 fully saturated rings. The fourth-order valence-electron chi connectivity index (χ4n) is 4.02. The van der Waals surface area contributed by atoms with Crippen molar-refractivity contribution >= 4 is 32.5 Å². The van der Waals surface area contributed by atoms with Crippen LogP contribution in [0.1, 0.15) is 31.4 Å². The van der Waals surface area contributed by atoms with Crippen molar-refractivity contribution in [3.63, 3.8) is 0 Å². The summed E-state index contributed by atoms with van der Waals surface area (Å²) in [5.74, 6) is -0.355. The van der Waals surface area contributed by atoms with Crippen molar-refractivity contribution in [1.82, 2.24) is 8.87 Å². The molecule has 2 aromatic carbocycles. The smallest absolute Gasteiger partial charge is 0.252 e. The van der Waals surface area contributed by atoms with Crippen LogP contribution >= 0.6 is 0 Å². The maximum Gasteiger partial charge on any atom is 0.252 e. The normalized spacial score (nSPS) is 15.8. The minimum absolute atomic E-state index is 0.209. The number of nitrogens with zero attached hydrogens (tertiary/aromatic N) is 2. The minimum atomic E-state index is -3.50. The van der Waals surface area contributed by atoms with Crippen molar-refractivity contribution in [2.45, 2.75) is 37.6 Å². The lowest BCUT2D eigenvalue weighted by Gasteiger charge is -2.19. The summed E-state index contributed by atoms with van der Waals surface area (Å²) in [5.41, 5.74) is 1.79. The van der Waals surface area contributed by atoms with E-state index in [9.17, 15) is 18.0 Å². The molecule has 0 spiro atoms. The van der Waals surface area contributed by atoms with Crippen molar-refractivity contribution in [3.05, 3.63) is 70.5 Å². The van der Waals surface area contributed by atoms with E-state index in [1.807, 2.05) is 31.2 Å². The topological polar surface area (TPSA) is 88.5 Å². The molecule has 31 heavy (non-hydrogen) atoms. The monoisotopic (exact) mass is 439 g/mol. The average Bonchev–Trinajstić information content (AvgIpc) is 3.30. The number of carbonyl (C=O) groups excluding carboxylic acids is 1. The molecule has 0 radical (unpaired) electrons. The summed E-state index contributed by atoms with van der Waals surface area (Å²) in [6.07, 6.45) is 1.75. The fraction of sp³-hybridized carbons (Fsp3) is 0.304. The van der Waals surface area contributed by atoms with Crippen LogP contribution in [0.3, 0.4) is 0 Å². The van der Waals surface area contributed by atoms with Gasteiger partial charge in [0, 0.05) is 30.2 Å². The summed E-state index contributed by atoms with van der Waals surface area (Å²) < 4.78 is 28.3. The van der Waals surface area contributed by atoms with Gasteiger partial charge in [-0.3, -0.25) is 14.2 Å². The zero-order chi connectivity index (χ0) is 22.2. The molecule has 0 aliphatic carbocycles. The van der Waals surface area contributed by atoms with Crippen LogP contribution in [-0.2, 0) is 14.8 Å². The largest absolute Gasteiger partial charge is 0.324 e. The number of rotatable bonds is 5. The number of amides is 1. The summed E-state index contributed by atoms with van der Waals surface area (Å²) in [4.78, 5) is 25.7. The zero-order valence-corrected chi connectivity index (χ0v) is 18.4. The highest BCUT2D eigenvalue weighted by atomic mass is 32.2. The molecule has 3 aromatic rings. The second-order valence-electron chi connectivity index (χ2n) is 7.85. The molecule has 0 saturated carbocycles. The summed E-state index contributed by atoms with van der Waals surface area (Å²) in [6, 6.07) is 14.4. The van der Waals surface area contributed by atoms with Crippen molar-refractivity contribution in [2.75, 3.05) is 18.4 Å². The van der Waals surface area contributed by atoms with Crippen LogP contribution in [-0.4, -0.2) is 36.3 Å². The molecule has 1 N–H and O–H groups in total. The Balaban J connectivity index is 1.57.